The fraction of sp³-hybridized carbons (Fsp3) is 0.310. The van der Waals surface area contributed by atoms with Gasteiger partial charge in [0.1, 0.15) is 17.9 Å². The van der Waals surface area contributed by atoms with Crippen LogP contribution in [0.4, 0.5) is 10.6 Å². The minimum Gasteiger partial charge on any atom is -0.448 e. The summed E-state index contributed by atoms with van der Waals surface area (Å²) in [5.41, 5.74) is 11.4. The van der Waals surface area contributed by atoms with Crippen LogP contribution in [0.3, 0.4) is 0 Å². The number of fused-ring (bicyclic) bond motifs is 3. The van der Waals surface area contributed by atoms with Crippen molar-refractivity contribution in [1.82, 2.24) is 25.2 Å². The number of alkyl carbamates (subject to hydrolysis) is 1. The summed E-state index contributed by atoms with van der Waals surface area (Å²) in [6, 6.07) is 16.1. The number of hydrogen-bond acceptors (Lipinski definition) is 6. The maximum atomic E-state index is 12.0. The third kappa shape index (κ3) is 6.29. The maximum absolute atomic E-state index is 12.0. The lowest BCUT2D eigenvalue weighted by molar-refractivity contribution is -0.117. The summed E-state index contributed by atoms with van der Waals surface area (Å²) < 4.78 is 7.35. The standard InChI is InChI=1S/C29H34N6O3/c1-4-5-10-24-34-25-26(22-8-6-7-9-23(22)33-27(25)30)35(24)18-21-13-11-20(12-14-21)17-32-29(37)38-16-15-31-28(36)19(2)3/h6-9,11-14H,2,4-5,10,15-18H2,1,3H3,(H2,30,33)(H,31,36)(H,32,37). The molecule has 38 heavy (non-hydrogen) atoms. The number of anilines is 1. The minimum atomic E-state index is -0.540. The van der Waals surface area contributed by atoms with Crippen molar-refractivity contribution in [3.05, 3.63) is 77.6 Å². The number of benzene rings is 2. The topological polar surface area (TPSA) is 124 Å². The third-order valence-electron chi connectivity index (χ3n) is 6.25. The largest absolute Gasteiger partial charge is 0.448 e. The van der Waals surface area contributed by atoms with Crippen LogP contribution in [0.1, 0.15) is 43.6 Å². The molecular formula is C29H34N6O3. The summed E-state index contributed by atoms with van der Waals surface area (Å²) >= 11 is 0. The number of rotatable bonds is 11. The molecule has 0 fully saturated rings. The number of aromatic nitrogens is 3. The molecule has 9 nitrogen and oxygen atoms in total. The Balaban J connectivity index is 1.44. The van der Waals surface area contributed by atoms with Crippen molar-refractivity contribution in [1.29, 1.82) is 0 Å². The first-order valence-electron chi connectivity index (χ1n) is 12.8. The normalized spacial score (nSPS) is 11.0. The molecule has 9 heteroatoms. The summed E-state index contributed by atoms with van der Waals surface area (Å²) in [6.07, 6.45) is 2.43. The third-order valence-corrected chi connectivity index (χ3v) is 6.25. The van der Waals surface area contributed by atoms with Gasteiger partial charge in [-0.05, 0) is 30.5 Å². The Morgan fingerprint density at radius 1 is 1.05 bits per heavy atom. The molecule has 2 aromatic carbocycles. The molecule has 0 saturated heterocycles. The highest BCUT2D eigenvalue weighted by atomic mass is 16.5. The van der Waals surface area contributed by atoms with Crippen molar-refractivity contribution in [2.75, 3.05) is 18.9 Å². The Morgan fingerprint density at radius 2 is 1.79 bits per heavy atom. The first-order chi connectivity index (χ1) is 18.4. The highest BCUT2D eigenvalue weighted by Crippen LogP contribution is 2.30. The number of amides is 2. The molecule has 0 atom stereocenters. The molecule has 4 rings (SSSR count). The molecule has 0 aliphatic rings. The average molecular weight is 515 g/mol. The van der Waals surface area contributed by atoms with E-state index >= 15 is 0 Å². The predicted octanol–water partition coefficient (Wildman–Crippen LogP) is 4.48. The zero-order chi connectivity index (χ0) is 27.1. The molecular weight excluding hydrogens is 480 g/mol. The first-order valence-corrected chi connectivity index (χ1v) is 12.8. The summed E-state index contributed by atoms with van der Waals surface area (Å²) in [7, 11) is 0. The van der Waals surface area contributed by atoms with Crippen LogP contribution in [0.2, 0.25) is 0 Å². The van der Waals surface area contributed by atoms with E-state index in [1.165, 1.54) is 0 Å². The van der Waals surface area contributed by atoms with E-state index in [9.17, 15) is 9.59 Å². The van der Waals surface area contributed by atoms with Crippen LogP contribution in [-0.4, -0.2) is 39.7 Å². The molecule has 0 spiro atoms. The molecule has 0 bridgehead atoms. The van der Waals surface area contributed by atoms with Gasteiger partial charge < -0.3 is 25.7 Å². The van der Waals surface area contributed by atoms with Crippen LogP contribution in [0.5, 0.6) is 0 Å². The Morgan fingerprint density at radius 3 is 2.53 bits per heavy atom. The smallest absolute Gasteiger partial charge is 0.407 e. The fourth-order valence-electron chi connectivity index (χ4n) is 4.23. The number of pyridine rings is 1. The number of carbonyl (C=O) groups is 2. The van der Waals surface area contributed by atoms with E-state index in [2.05, 4.69) is 51.9 Å². The molecule has 4 aromatic rings. The van der Waals surface area contributed by atoms with Crippen LogP contribution < -0.4 is 16.4 Å². The first kappa shape index (κ1) is 26.7. The molecule has 0 radical (unpaired) electrons. The molecule has 0 aliphatic heterocycles. The highest BCUT2D eigenvalue weighted by Gasteiger charge is 2.17. The number of nitrogens with two attached hydrogens (primary N) is 1. The lowest BCUT2D eigenvalue weighted by atomic mass is 10.1. The van der Waals surface area contributed by atoms with E-state index in [1.807, 2.05) is 30.3 Å². The van der Waals surface area contributed by atoms with Gasteiger partial charge in [-0.1, -0.05) is 62.4 Å². The van der Waals surface area contributed by atoms with Gasteiger partial charge in [-0.2, -0.15) is 0 Å². The predicted molar refractivity (Wildman–Crippen MR) is 150 cm³/mol. The molecule has 0 aliphatic carbocycles. The number of carbonyl (C=O) groups excluding carboxylic acids is 2. The molecule has 2 aromatic heterocycles. The SMILES string of the molecule is C=C(C)C(=O)NCCOC(=O)NCc1ccc(Cn2c(CCCC)nc3c(N)nc4ccccc4c32)cc1. The molecule has 2 heterocycles. The molecule has 198 valence electrons. The van der Waals surface area contributed by atoms with E-state index in [0.717, 1.165) is 58.2 Å². The number of para-hydroxylation sites is 1. The van der Waals surface area contributed by atoms with Crippen molar-refractivity contribution in [2.24, 2.45) is 0 Å². The van der Waals surface area contributed by atoms with Gasteiger partial charge in [0, 0.05) is 30.5 Å². The van der Waals surface area contributed by atoms with Crippen LogP contribution in [0.15, 0.2) is 60.7 Å². The van der Waals surface area contributed by atoms with E-state index in [4.69, 9.17) is 15.5 Å². The van der Waals surface area contributed by atoms with Gasteiger partial charge in [-0.3, -0.25) is 4.79 Å². The Hall–Kier alpha value is -4.40. The van der Waals surface area contributed by atoms with Crippen molar-refractivity contribution in [2.45, 2.75) is 46.2 Å². The van der Waals surface area contributed by atoms with Gasteiger partial charge in [0.2, 0.25) is 5.91 Å². The molecule has 0 saturated carbocycles. The number of ether oxygens (including phenoxy) is 1. The number of aryl methyl sites for hydroxylation is 1. The van der Waals surface area contributed by atoms with Gasteiger partial charge in [-0.25, -0.2) is 14.8 Å². The van der Waals surface area contributed by atoms with Gasteiger partial charge in [0.05, 0.1) is 17.6 Å². The Labute approximate surface area is 222 Å². The second-order valence-electron chi connectivity index (χ2n) is 9.27. The van der Waals surface area contributed by atoms with E-state index in [1.54, 1.807) is 6.92 Å². The minimum absolute atomic E-state index is 0.0811. The second-order valence-corrected chi connectivity index (χ2v) is 9.27. The van der Waals surface area contributed by atoms with Crippen LogP contribution in [0.25, 0.3) is 21.9 Å². The lowest BCUT2D eigenvalue weighted by Crippen LogP contribution is -2.31. The average Bonchev–Trinajstić information content (AvgIpc) is 3.28. The number of unbranched alkanes of at least 4 members (excludes halogenated alkanes) is 1. The van der Waals surface area contributed by atoms with Crippen LogP contribution in [0, 0.1) is 0 Å². The van der Waals surface area contributed by atoms with Gasteiger partial charge in [-0.15, -0.1) is 0 Å². The van der Waals surface area contributed by atoms with Gasteiger partial charge >= 0.3 is 6.09 Å². The van der Waals surface area contributed by atoms with E-state index in [-0.39, 0.29) is 19.1 Å². The zero-order valence-electron chi connectivity index (χ0n) is 21.9. The highest BCUT2D eigenvalue weighted by molar-refractivity contribution is 6.06. The van der Waals surface area contributed by atoms with Crippen LogP contribution in [-0.2, 0) is 29.0 Å². The summed E-state index contributed by atoms with van der Waals surface area (Å²) in [5.74, 6) is 1.19. The number of hydrogen-bond donors (Lipinski definition) is 3. The summed E-state index contributed by atoms with van der Waals surface area (Å²) in [5, 5.41) is 6.38. The van der Waals surface area contributed by atoms with E-state index in [0.29, 0.717) is 24.5 Å². The Bertz CT molecular complexity index is 1460. The van der Waals surface area contributed by atoms with Crippen molar-refractivity contribution in [3.63, 3.8) is 0 Å². The van der Waals surface area contributed by atoms with E-state index < -0.39 is 6.09 Å². The zero-order valence-corrected chi connectivity index (χ0v) is 21.9. The molecule has 2 amide bonds. The monoisotopic (exact) mass is 514 g/mol. The van der Waals surface area contributed by atoms with Crippen LogP contribution >= 0.6 is 0 Å². The van der Waals surface area contributed by atoms with Gasteiger partial charge in [0.15, 0.2) is 5.82 Å². The Kier molecular flexibility index (Phi) is 8.58. The van der Waals surface area contributed by atoms with Crippen molar-refractivity contribution in [3.8, 4) is 0 Å². The molecule has 4 N–H and O–H groups in total. The maximum Gasteiger partial charge on any atom is 0.407 e. The lowest BCUT2D eigenvalue weighted by Gasteiger charge is -2.12. The fourth-order valence-corrected chi connectivity index (χ4v) is 4.23. The number of nitrogens with zero attached hydrogens (tertiary/aromatic N) is 3. The number of nitrogens with one attached hydrogen (secondary N) is 2. The summed E-state index contributed by atoms with van der Waals surface area (Å²) in [6.45, 7) is 8.64. The quantitative estimate of drug-likeness (QED) is 0.200. The summed E-state index contributed by atoms with van der Waals surface area (Å²) in [4.78, 5) is 32.9. The van der Waals surface area contributed by atoms with Crippen molar-refractivity contribution >= 4 is 39.8 Å². The second kappa shape index (κ2) is 12.2. The molecule has 0 unspecified atom stereocenters. The van der Waals surface area contributed by atoms with Crippen molar-refractivity contribution < 1.29 is 14.3 Å². The van der Waals surface area contributed by atoms with Gasteiger partial charge in [0.25, 0.3) is 0 Å². The number of imidazole rings is 1. The number of nitrogen functional groups attached to an aromatic ring is 1.